The van der Waals surface area contributed by atoms with Crippen LogP contribution in [-0.2, 0) is 0 Å². The summed E-state index contributed by atoms with van der Waals surface area (Å²) in [5, 5.41) is 7.26. The highest BCUT2D eigenvalue weighted by Crippen LogP contribution is 2.61. The van der Waals surface area contributed by atoms with Gasteiger partial charge in [0.25, 0.3) is 0 Å². The Morgan fingerprint density at radius 2 is 1.62 bits per heavy atom. The molecule has 142 valence electrons. The van der Waals surface area contributed by atoms with Gasteiger partial charge in [0, 0.05) is 11.7 Å². The van der Waals surface area contributed by atoms with E-state index in [9.17, 15) is 8.78 Å². The van der Waals surface area contributed by atoms with Crippen molar-refractivity contribution >= 4 is 23.0 Å². The summed E-state index contributed by atoms with van der Waals surface area (Å²) in [5.74, 6) is 2.88. The smallest absolute Gasteiger partial charge is 0.387 e. The number of anilines is 1. The number of benzene rings is 1. The van der Waals surface area contributed by atoms with Crippen LogP contribution in [0, 0.1) is 23.2 Å². The molecule has 4 aliphatic rings. The maximum atomic E-state index is 12.2. The van der Waals surface area contributed by atoms with Crippen LogP contribution in [-0.4, -0.2) is 17.8 Å². The molecule has 1 atom stereocenters. The van der Waals surface area contributed by atoms with E-state index < -0.39 is 6.61 Å². The third-order valence-electron chi connectivity index (χ3n) is 6.69. The number of ether oxygens (including phenoxy) is 1. The van der Waals surface area contributed by atoms with Gasteiger partial charge in [-0.2, -0.15) is 8.78 Å². The topological polar surface area (TPSA) is 33.3 Å². The fraction of sp³-hybridized carbons (Fsp3) is 0.650. The summed E-state index contributed by atoms with van der Waals surface area (Å²) < 4.78 is 28.8. The van der Waals surface area contributed by atoms with Crippen molar-refractivity contribution in [3.05, 3.63) is 24.3 Å². The third-order valence-corrected chi connectivity index (χ3v) is 6.91. The van der Waals surface area contributed by atoms with Crippen LogP contribution in [0.5, 0.6) is 5.75 Å². The molecule has 4 aliphatic carbocycles. The van der Waals surface area contributed by atoms with E-state index in [0.29, 0.717) is 16.6 Å². The molecular formula is C20H26F2N2OS. The first kappa shape index (κ1) is 18.0. The maximum Gasteiger partial charge on any atom is 0.387 e. The van der Waals surface area contributed by atoms with E-state index in [2.05, 4.69) is 22.3 Å². The number of rotatable bonds is 5. The molecule has 0 aromatic heterocycles. The molecule has 0 heterocycles. The number of hydrogen-bond donors (Lipinski definition) is 2. The molecule has 0 radical (unpaired) electrons. The van der Waals surface area contributed by atoms with Gasteiger partial charge in [-0.1, -0.05) is 0 Å². The highest BCUT2D eigenvalue weighted by atomic mass is 32.1. The van der Waals surface area contributed by atoms with Gasteiger partial charge < -0.3 is 15.4 Å². The zero-order valence-corrected chi connectivity index (χ0v) is 15.8. The van der Waals surface area contributed by atoms with E-state index in [4.69, 9.17) is 12.2 Å². The van der Waals surface area contributed by atoms with Crippen molar-refractivity contribution in [3.63, 3.8) is 0 Å². The predicted molar refractivity (Wildman–Crippen MR) is 102 cm³/mol. The maximum absolute atomic E-state index is 12.2. The Morgan fingerprint density at radius 3 is 2.12 bits per heavy atom. The van der Waals surface area contributed by atoms with Crippen LogP contribution in [0.15, 0.2) is 24.3 Å². The molecule has 0 aliphatic heterocycles. The van der Waals surface area contributed by atoms with Crippen molar-refractivity contribution in [2.24, 2.45) is 23.2 Å². The zero-order chi connectivity index (χ0) is 18.3. The van der Waals surface area contributed by atoms with Crippen LogP contribution < -0.4 is 15.4 Å². The SMILES string of the molecule is C[C@H](NC(=S)Nc1ccc(OC(F)F)cc1)C12CC3CC(CC(C3)C1)C2. The van der Waals surface area contributed by atoms with Crippen molar-refractivity contribution in [2.75, 3.05) is 5.32 Å². The van der Waals surface area contributed by atoms with Crippen molar-refractivity contribution < 1.29 is 13.5 Å². The first-order valence-corrected chi connectivity index (χ1v) is 9.95. The van der Waals surface area contributed by atoms with Crippen LogP contribution in [0.2, 0.25) is 0 Å². The predicted octanol–water partition coefficient (Wildman–Crippen LogP) is 5.18. The standard InChI is InChI=1S/C20H26F2N2OS/c1-12(20-9-13-6-14(10-20)8-15(7-13)11-20)23-19(26)24-16-2-4-17(5-3-16)25-18(21)22/h2-5,12-15,18H,6-11H2,1H3,(H2,23,24,26)/t12-,13?,14?,15?,20?/m0/s1. The Balaban J connectivity index is 1.34. The van der Waals surface area contributed by atoms with Crippen molar-refractivity contribution in [2.45, 2.75) is 58.1 Å². The summed E-state index contributed by atoms with van der Waals surface area (Å²) in [6.45, 7) is -0.543. The van der Waals surface area contributed by atoms with Gasteiger partial charge in [0.05, 0.1) is 0 Å². The van der Waals surface area contributed by atoms with Crippen molar-refractivity contribution in [3.8, 4) is 5.75 Å². The molecule has 26 heavy (non-hydrogen) atoms. The molecule has 6 heteroatoms. The number of alkyl halides is 2. The summed E-state index contributed by atoms with van der Waals surface area (Å²) in [4.78, 5) is 0. The largest absolute Gasteiger partial charge is 0.435 e. The summed E-state index contributed by atoms with van der Waals surface area (Å²) in [6.07, 6.45) is 8.28. The Hall–Kier alpha value is -1.43. The number of nitrogens with one attached hydrogen (secondary N) is 2. The Morgan fingerprint density at radius 1 is 1.08 bits per heavy atom. The monoisotopic (exact) mass is 380 g/mol. The summed E-state index contributed by atoms with van der Waals surface area (Å²) in [7, 11) is 0. The second kappa shape index (κ2) is 6.95. The third kappa shape index (κ3) is 3.66. The Kier molecular flexibility index (Phi) is 4.80. The lowest BCUT2D eigenvalue weighted by Crippen LogP contribution is -2.56. The molecule has 3 nitrogen and oxygen atoms in total. The van der Waals surface area contributed by atoms with Gasteiger partial charge in [0.2, 0.25) is 0 Å². The second-order valence-electron chi connectivity index (χ2n) is 8.50. The quantitative estimate of drug-likeness (QED) is 0.690. The van der Waals surface area contributed by atoms with Gasteiger partial charge in [0.1, 0.15) is 5.75 Å². The minimum absolute atomic E-state index is 0.145. The number of thiocarbonyl (C=S) groups is 1. The van der Waals surface area contributed by atoms with E-state index in [1.807, 2.05) is 0 Å². The van der Waals surface area contributed by atoms with Crippen LogP contribution in [0.3, 0.4) is 0 Å². The molecule has 0 saturated heterocycles. The van der Waals surface area contributed by atoms with Gasteiger partial charge >= 0.3 is 6.61 Å². The van der Waals surface area contributed by atoms with E-state index in [-0.39, 0.29) is 5.75 Å². The van der Waals surface area contributed by atoms with Gasteiger partial charge in [-0.15, -0.1) is 0 Å². The Labute approximate surface area is 158 Å². The van der Waals surface area contributed by atoms with Gasteiger partial charge in [-0.3, -0.25) is 0 Å². The van der Waals surface area contributed by atoms with Gasteiger partial charge in [-0.05, 0) is 105 Å². The average molecular weight is 381 g/mol. The molecule has 2 N–H and O–H groups in total. The molecule has 4 saturated carbocycles. The molecule has 5 rings (SSSR count). The van der Waals surface area contributed by atoms with Gasteiger partial charge in [-0.25, -0.2) is 0 Å². The van der Waals surface area contributed by atoms with Crippen molar-refractivity contribution in [1.29, 1.82) is 0 Å². The lowest BCUT2D eigenvalue weighted by atomic mass is 9.48. The van der Waals surface area contributed by atoms with Crippen molar-refractivity contribution in [1.82, 2.24) is 5.32 Å². The fourth-order valence-electron chi connectivity index (χ4n) is 5.94. The number of hydrogen-bond acceptors (Lipinski definition) is 2. The first-order chi connectivity index (χ1) is 12.4. The molecule has 1 aromatic rings. The van der Waals surface area contributed by atoms with Crippen LogP contribution in [0.1, 0.15) is 45.4 Å². The highest BCUT2D eigenvalue weighted by molar-refractivity contribution is 7.80. The lowest BCUT2D eigenvalue weighted by molar-refractivity contribution is -0.0671. The minimum Gasteiger partial charge on any atom is -0.435 e. The van der Waals surface area contributed by atoms with Crippen LogP contribution in [0.25, 0.3) is 0 Å². The van der Waals surface area contributed by atoms with Crippen LogP contribution in [0.4, 0.5) is 14.5 Å². The molecule has 4 bridgehead atoms. The normalized spacial score (nSPS) is 33.2. The molecule has 1 aromatic carbocycles. The average Bonchev–Trinajstić information content (AvgIpc) is 2.55. The second-order valence-corrected chi connectivity index (χ2v) is 8.91. The highest BCUT2D eigenvalue weighted by Gasteiger charge is 2.53. The number of halogens is 2. The lowest BCUT2D eigenvalue weighted by Gasteiger charge is -2.59. The molecule has 0 unspecified atom stereocenters. The minimum atomic E-state index is -2.81. The first-order valence-electron chi connectivity index (χ1n) is 9.54. The molecule has 0 spiro atoms. The Bertz CT molecular complexity index is 629. The zero-order valence-electron chi connectivity index (χ0n) is 15.0. The van der Waals surface area contributed by atoms with Gasteiger partial charge in [0.15, 0.2) is 5.11 Å². The van der Waals surface area contributed by atoms with E-state index in [1.165, 1.54) is 50.7 Å². The van der Waals surface area contributed by atoms with Crippen LogP contribution >= 0.6 is 12.2 Å². The summed E-state index contributed by atoms with van der Waals surface area (Å²) in [6, 6.07) is 6.76. The van der Waals surface area contributed by atoms with E-state index in [1.54, 1.807) is 12.1 Å². The van der Waals surface area contributed by atoms with E-state index >= 15 is 0 Å². The fourth-order valence-corrected chi connectivity index (χ4v) is 6.24. The summed E-state index contributed by atoms with van der Waals surface area (Å²) >= 11 is 5.50. The van der Waals surface area contributed by atoms with E-state index in [0.717, 1.165) is 23.4 Å². The molecular weight excluding hydrogens is 354 g/mol. The summed E-state index contributed by atoms with van der Waals surface area (Å²) in [5.41, 5.74) is 1.15. The molecule has 0 amide bonds. The molecule has 4 fully saturated rings.